The number of nitrogens with zero attached hydrogens (tertiary/aromatic N) is 1. The van der Waals surface area contributed by atoms with Crippen molar-refractivity contribution in [3.8, 4) is 0 Å². The predicted octanol–water partition coefficient (Wildman–Crippen LogP) is 1.77. The van der Waals surface area contributed by atoms with Gasteiger partial charge in [0.15, 0.2) is 21.3 Å². The zero-order valence-corrected chi connectivity index (χ0v) is 12.1. The minimum atomic E-state index is -3.21. The maximum Gasteiger partial charge on any atom is 0.196 e. The van der Waals surface area contributed by atoms with Crippen molar-refractivity contribution >= 4 is 20.9 Å². The number of aromatic nitrogens is 1. The van der Waals surface area contributed by atoms with Gasteiger partial charge >= 0.3 is 0 Å². The minimum Gasteiger partial charge on any atom is -0.441 e. The van der Waals surface area contributed by atoms with E-state index in [0.29, 0.717) is 29.5 Å². The lowest BCUT2D eigenvalue weighted by molar-refractivity contribution is 0.501. The predicted molar refractivity (Wildman–Crippen MR) is 74.0 cm³/mol. The monoisotopic (exact) mass is 282 g/mol. The van der Waals surface area contributed by atoms with Crippen LogP contribution in [0, 0.1) is 0 Å². The summed E-state index contributed by atoms with van der Waals surface area (Å²) in [6, 6.07) is 5.16. The molecule has 1 heterocycles. The van der Waals surface area contributed by atoms with Gasteiger partial charge < -0.3 is 9.73 Å². The summed E-state index contributed by atoms with van der Waals surface area (Å²) in [7, 11) is -3.21. The number of oxazole rings is 1. The number of hydrogen-bond acceptors (Lipinski definition) is 5. The van der Waals surface area contributed by atoms with Gasteiger partial charge in [-0.15, -0.1) is 0 Å². The molecule has 0 aliphatic carbocycles. The first-order chi connectivity index (χ1) is 8.86. The Morgan fingerprint density at radius 3 is 2.74 bits per heavy atom. The van der Waals surface area contributed by atoms with Crippen LogP contribution in [0.15, 0.2) is 27.5 Å². The minimum absolute atomic E-state index is 0.264. The molecule has 0 spiro atoms. The molecule has 0 bridgehead atoms. The molecule has 2 rings (SSSR count). The lowest BCUT2D eigenvalue weighted by Gasteiger charge is -2.04. The highest BCUT2D eigenvalue weighted by molar-refractivity contribution is 7.90. The SMILES string of the molecule is CC(C)NCCc1nc2cc(S(C)(=O)=O)ccc2o1. The third kappa shape index (κ3) is 3.54. The van der Waals surface area contributed by atoms with Crippen LogP contribution in [0.2, 0.25) is 0 Å². The molecule has 0 fully saturated rings. The van der Waals surface area contributed by atoms with Crippen LogP contribution in [0.25, 0.3) is 11.1 Å². The van der Waals surface area contributed by atoms with E-state index in [1.165, 1.54) is 6.26 Å². The van der Waals surface area contributed by atoms with Gasteiger partial charge in [-0.2, -0.15) is 0 Å². The zero-order chi connectivity index (χ0) is 14.0. The van der Waals surface area contributed by atoms with Crippen LogP contribution in [0.3, 0.4) is 0 Å². The highest BCUT2D eigenvalue weighted by atomic mass is 32.2. The smallest absolute Gasteiger partial charge is 0.196 e. The second-order valence-corrected chi connectivity index (χ2v) is 6.88. The number of fused-ring (bicyclic) bond motifs is 1. The molecule has 0 unspecified atom stereocenters. The summed E-state index contributed by atoms with van der Waals surface area (Å²) in [6.45, 7) is 4.93. The first kappa shape index (κ1) is 14.0. The highest BCUT2D eigenvalue weighted by Crippen LogP contribution is 2.20. The Bertz CT molecular complexity index is 674. The Balaban J connectivity index is 2.21. The fraction of sp³-hybridized carbons (Fsp3) is 0.462. The lowest BCUT2D eigenvalue weighted by atomic mass is 10.3. The first-order valence-electron chi connectivity index (χ1n) is 6.19. The molecule has 0 atom stereocenters. The fourth-order valence-corrected chi connectivity index (χ4v) is 2.40. The Hall–Kier alpha value is -1.40. The Morgan fingerprint density at radius 1 is 1.37 bits per heavy atom. The van der Waals surface area contributed by atoms with Gasteiger partial charge in [-0.25, -0.2) is 13.4 Å². The van der Waals surface area contributed by atoms with Gasteiger partial charge in [0.25, 0.3) is 0 Å². The van der Waals surface area contributed by atoms with Crippen molar-refractivity contribution in [3.05, 3.63) is 24.1 Å². The molecule has 0 saturated heterocycles. The summed E-state index contributed by atoms with van der Waals surface area (Å²) in [4.78, 5) is 4.58. The van der Waals surface area contributed by atoms with Crippen molar-refractivity contribution < 1.29 is 12.8 Å². The summed E-state index contributed by atoms with van der Waals surface area (Å²) in [6.07, 6.45) is 1.86. The van der Waals surface area contributed by atoms with E-state index in [0.717, 1.165) is 6.54 Å². The highest BCUT2D eigenvalue weighted by Gasteiger charge is 2.11. The summed E-state index contributed by atoms with van der Waals surface area (Å²) >= 11 is 0. The molecule has 19 heavy (non-hydrogen) atoms. The number of nitrogens with one attached hydrogen (secondary N) is 1. The molecule has 1 N–H and O–H groups in total. The molecule has 1 aromatic carbocycles. The third-order valence-electron chi connectivity index (χ3n) is 2.72. The van der Waals surface area contributed by atoms with Crippen LogP contribution in [-0.4, -0.2) is 32.2 Å². The Morgan fingerprint density at radius 2 is 2.11 bits per heavy atom. The van der Waals surface area contributed by atoms with E-state index in [-0.39, 0.29) is 4.90 Å². The van der Waals surface area contributed by atoms with Crippen LogP contribution < -0.4 is 5.32 Å². The number of hydrogen-bond donors (Lipinski definition) is 1. The quantitative estimate of drug-likeness (QED) is 0.905. The average molecular weight is 282 g/mol. The van der Waals surface area contributed by atoms with E-state index >= 15 is 0 Å². The molecule has 0 saturated carbocycles. The van der Waals surface area contributed by atoms with Crippen LogP contribution >= 0.6 is 0 Å². The molecule has 2 aromatic rings. The maximum absolute atomic E-state index is 11.5. The molecule has 0 aliphatic rings. The summed E-state index contributed by atoms with van der Waals surface area (Å²) in [5.74, 6) is 0.619. The molecule has 104 valence electrons. The number of sulfone groups is 1. The van der Waals surface area contributed by atoms with Crippen molar-refractivity contribution in [3.63, 3.8) is 0 Å². The molecule has 0 aliphatic heterocycles. The van der Waals surface area contributed by atoms with Gasteiger partial charge in [0.1, 0.15) is 5.52 Å². The Labute approximate surface area is 112 Å². The van der Waals surface area contributed by atoms with Crippen LogP contribution in [-0.2, 0) is 16.3 Å². The average Bonchev–Trinajstić information content (AvgIpc) is 2.68. The van der Waals surface area contributed by atoms with E-state index in [1.54, 1.807) is 18.2 Å². The number of rotatable bonds is 5. The third-order valence-corrected chi connectivity index (χ3v) is 3.83. The van der Waals surface area contributed by atoms with E-state index < -0.39 is 9.84 Å². The van der Waals surface area contributed by atoms with E-state index in [9.17, 15) is 8.42 Å². The van der Waals surface area contributed by atoms with Gasteiger partial charge in [0.05, 0.1) is 4.90 Å². The van der Waals surface area contributed by atoms with E-state index in [2.05, 4.69) is 24.1 Å². The normalized spacial score (nSPS) is 12.4. The van der Waals surface area contributed by atoms with Gasteiger partial charge in [0, 0.05) is 25.3 Å². The fourth-order valence-electron chi connectivity index (χ4n) is 1.76. The molecule has 1 aromatic heterocycles. The van der Waals surface area contributed by atoms with Crippen LogP contribution in [0.1, 0.15) is 19.7 Å². The van der Waals surface area contributed by atoms with Crippen molar-refractivity contribution in [2.75, 3.05) is 12.8 Å². The van der Waals surface area contributed by atoms with Gasteiger partial charge in [0.2, 0.25) is 0 Å². The summed E-state index contributed by atoms with van der Waals surface area (Å²) < 4.78 is 28.5. The summed E-state index contributed by atoms with van der Waals surface area (Å²) in [5, 5.41) is 3.28. The number of benzene rings is 1. The van der Waals surface area contributed by atoms with Gasteiger partial charge in [-0.3, -0.25) is 0 Å². The first-order valence-corrected chi connectivity index (χ1v) is 8.08. The van der Waals surface area contributed by atoms with E-state index in [4.69, 9.17) is 4.42 Å². The Kier molecular flexibility index (Phi) is 3.91. The second kappa shape index (κ2) is 5.30. The molecular formula is C13H18N2O3S. The zero-order valence-electron chi connectivity index (χ0n) is 11.3. The molecule has 6 heteroatoms. The lowest BCUT2D eigenvalue weighted by Crippen LogP contribution is -2.24. The van der Waals surface area contributed by atoms with Crippen molar-refractivity contribution in [2.24, 2.45) is 0 Å². The van der Waals surface area contributed by atoms with Crippen molar-refractivity contribution in [1.82, 2.24) is 10.3 Å². The van der Waals surface area contributed by atoms with Gasteiger partial charge in [-0.05, 0) is 18.2 Å². The second-order valence-electron chi connectivity index (χ2n) is 4.87. The standard InChI is InChI=1S/C13H18N2O3S/c1-9(2)14-7-6-13-15-11-8-10(19(3,16)17)4-5-12(11)18-13/h4-5,8-9,14H,6-7H2,1-3H3. The topological polar surface area (TPSA) is 72.2 Å². The largest absolute Gasteiger partial charge is 0.441 e. The maximum atomic E-state index is 11.5. The van der Waals surface area contributed by atoms with Crippen LogP contribution in [0.4, 0.5) is 0 Å². The molecule has 0 radical (unpaired) electrons. The van der Waals surface area contributed by atoms with Crippen molar-refractivity contribution in [1.29, 1.82) is 0 Å². The molecule has 5 nitrogen and oxygen atoms in total. The molecule has 0 amide bonds. The van der Waals surface area contributed by atoms with Gasteiger partial charge in [-0.1, -0.05) is 13.8 Å². The van der Waals surface area contributed by atoms with E-state index in [1.807, 2.05) is 0 Å². The summed E-state index contributed by atoms with van der Waals surface area (Å²) in [5.41, 5.74) is 1.20. The molecular weight excluding hydrogens is 264 g/mol. The van der Waals surface area contributed by atoms with Crippen LogP contribution in [0.5, 0.6) is 0 Å². The van der Waals surface area contributed by atoms with Crippen molar-refractivity contribution in [2.45, 2.75) is 31.2 Å².